The Balaban J connectivity index is 1.30. The first kappa shape index (κ1) is 15.1. The van der Waals surface area contributed by atoms with Crippen LogP contribution in [0, 0.1) is 5.92 Å². The monoisotopic (exact) mass is 323 g/mol. The zero-order valence-corrected chi connectivity index (χ0v) is 13.6. The molecular formula is C19H21N3O2. The van der Waals surface area contributed by atoms with Gasteiger partial charge in [0.05, 0.1) is 6.42 Å². The van der Waals surface area contributed by atoms with Crippen LogP contribution in [0.25, 0.3) is 0 Å². The van der Waals surface area contributed by atoms with Gasteiger partial charge in [0.2, 0.25) is 0 Å². The van der Waals surface area contributed by atoms with Gasteiger partial charge in [0.25, 0.3) is 0 Å². The summed E-state index contributed by atoms with van der Waals surface area (Å²) < 4.78 is 5.25. The van der Waals surface area contributed by atoms with Gasteiger partial charge < -0.3 is 10.1 Å². The smallest absolute Gasteiger partial charge is 0.315 e. The van der Waals surface area contributed by atoms with Gasteiger partial charge >= 0.3 is 5.97 Å². The van der Waals surface area contributed by atoms with Crippen LogP contribution in [0.4, 0.5) is 5.82 Å². The van der Waals surface area contributed by atoms with Crippen LogP contribution in [0.3, 0.4) is 0 Å². The van der Waals surface area contributed by atoms with Gasteiger partial charge in [0.15, 0.2) is 0 Å². The van der Waals surface area contributed by atoms with Crippen molar-refractivity contribution in [3.63, 3.8) is 0 Å². The highest BCUT2D eigenvalue weighted by atomic mass is 16.5. The Morgan fingerprint density at radius 1 is 1.29 bits per heavy atom. The summed E-state index contributed by atoms with van der Waals surface area (Å²) in [5.41, 5.74) is 2.21. The number of nitrogens with one attached hydrogen (secondary N) is 1. The summed E-state index contributed by atoms with van der Waals surface area (Å²) in [6.45, 7) is 4.04. The van der Waals surface area contributed by atoms with Crippen LogP contribution in [0.2, 0.25) is 0 Å². The summed E-state index contributed by atoms with van der Waals surface area (Å²) in [6.07, 6.45) is 3.41. The fourth-order valence-electron chi connectivity index (χ4n) is 3.45. The highest BCUT2D eigenvalue weighted by Crippen LogP contribution is 2.28. The fourth-order valence-corrected chi connectivity index (χ4v) is 3.45. The molecule has 124 valence electrons. The van der Waals surface area contributed by atoms with Crippen molar-refractivity contribution in [2.75, 3.05) is 25.0 Å². The Kier molecular flexibility index (Phi) is 4.17. The van der Waals surface area contributed by atoms with Gasteiger partial charge in [-0.15, -0.1) is 0 Å². The molecule has 5 nitrogen and oxygen atoms in total. The van der Waals surface area contributed by atoms with Crippen molar-refractivity contribution in [1.29, 1.82) is 0 Å². The molecule has 24 heavy (non-hydrogen) atoms. The van der Waals surface area contributed by atoms with E-state index < -0.39 is 0 Å². The summed E-state index contributed by atoms with van der Waals surface area (Å²) in [5.74, 6) is 2.17. The summed E-state index contributed by atoms with van der Waals surface area (Å²) in [7, 11) is 0. The van der Waals surface area contributed by atoms with Crippen molar-refractivity contribution < 1.29 is 9.53 Å². The molecule has 0 radical (unpaired) electrons. The van der Waals surface area contributed by atoms with E-state index in [1.54, 1.807) is 0 Å². The predicted octanol–water partition coefficient (Wildman–Crippen LogP) is 2.48. The van der Waals surface area contributed by atoms with Gasteiger partial charge in [0.1, 0.15) is 11.6 Å². The highest BCUT2D eigenvalue weighted by molar-refractivity contribution is 5.81. The van der Waals surface area contributed by atoms with E-state index in [-0.39, 0.29) is 5.97 Å². The Hall–Kier alpha value is -2.40. The van der Waals surface area contributed by atoms with Crippen LogP contribution in [0.15, 0.2) is 42.6 Å². The van der Waals surface area contributed by atoms with Crippen molar-refractivity contribution in [1.82, 2.24) is 9.88 Å². The molecule has 2 aliphatic heterocycles. The van der Waals surface area contributed by atoms with Crippen LogP contribution in [0.1, 0.15) is 17.5 Å². The lowest BCUT2D eigenvalue weighted by Crippen LogP contribution is -2.22. The molecule has 0 aliphatic carbocycles. The molecule has 0 saturated carbocycles. The number of rotatable bonds is 5. The highest BCUT2D eigenvalue weighted by Gasteiger charge is 2.24. The lowest BCUT2D eigenvalue weighted by atomic mass is 10.1. The number of ether oxygens (including phenoxy) is 1. The minimum atomic E-state index is -0.149. The number of fused-ring (bicyclic) bond motifs is 1. The number of pyridine rings is 1. The third-order valence-corrected chi connectivity index (χ3v) is 4.70. The Morgan fingerprint density at radius 3 is 3.12 bits per heavy atom. The first-order chi connectivity index (χ1) is 11.8. The third kappa shape index (κ3) is 3.41. The topological polar surface area (TPSA) is 54.5 Å². The fraction of sp³-hybridized carbons (Fsp3) is 0.368. The standard InChI is InChI=1S/C19H21N3O2/c23-19-10-16-5-4-14(9-17(16)24-19)12-22-8-6-15(13-22)11-21-18-3-1-2-7-20-18/h1-5,7,9,15H,6,8,10-13H2,(H,20,21)/t15-/m0/s1. The molecule has 1 aromatic heterocycles. The molecule has 1 saturated heterocycles. The number of nitrogens with zero attached hydrogens (tertiary/aromatic N) is 2. The summed E-state index contributed by atoms with van der Waals surface area (Å²) in [4.78, 5) is 18.1. The van der Waals surface area contributed by atoms with Crippen molar-refractivity contribution in [3.8, 4) is 5.75 Å². The number of benzene rings is 1. The number of hydrogen-bond acceptors (Lipinski definition) is 5. The van der Waals surface area contributed by atoms with Gasteiger partial charge in [-0.05, 0) is 42.6 Å². The Bertz CT molecular complexity index is 733. The van der Waals surface area contributed by atoms with Gasteiger partial charge in [-0.25, -0.2) is 4.98 Å². The van der Waals surface area contributed by atoms with E-state index in [1.807, 2.05) is 36.5 Å². The Morgan fingerprint density at radius 2 is 2.25 bits per heavy atom. The van der Waals surface area contributed by atoms with Crippen molar-refractivity contribution in [2.24, 2.45) is 5.92 Å². The summed E-state index contributed by atoms with van der Waals surface area (Å²) >= 11 is 0. The van der Waals surface area contributed by atoms with Crippen LogP contribution in [-0.4, -0.2) is 35.5 Å². The molecular weight excluding hydrogens is 302 g/mol. The molecule has 1 N–H and O–H groups in total. The molecule has 2 aliphatic rings. The maximum atomic E-state index is 11.3. The zero-order valence-electron chi connectivity index (χ0n) is 13.6. The largest absolute Gasteiger partial charge is 0.426 e. The van der Waals surface area contributed by atoms with Gasteiger partial charge in [-0.3, -0.25) is 9.69 Å². The van der Waals surface area contributed by atoms with Crippen LogP contribution in [0.5, 0.6) is 5.75 Å². The zero-order chi connectivity index (χ0) is 16.4. The number of anilines is 1. The number of carbonyl (C=O) groups excluding carboxylic acids is 1. The molecule has 4 rings (SSSR count). The van der Waals surface area contributed by atoms with E-state index in [0.717, 1.165) is 43.3 Å². The maximum Gasteiger partial charge on any atom is 0.315 e. The van der Waals surface area contributed by atoms with Crippen molar-refractivity contribution in [2.45, 2.75) is 19.4 Å². The Labute approximate surface area is 141 Å². The minimum Gasteiger partial charge on any atom is -0.426 e. The van der Waals surface area contributed by atoms with E-state index in [4.69, 9.17) is 4.74 Å². The maximum absolute atomic E-state index is 11.3. The van der Waals surface area contributed by atoms with Crippen LogP contribution < -0.4 is 10.1 Å². The third-order valence-electron chi connectivity index (χ3n) is 4.70. The second-order valence-electron chi connectivity index (χ2n) is 6.58. The SMILES string of the molecule is O=C1Cc2ccc(CN3CC[C@@H](CNc4ccccn4)C3)cc2O1. The lowest BCUT2D eigenvalue weighted by Gasteiger charge is -2.17. The lowest BCUT2D eigenvalue weighted by molar-refractivity contribution is -0.131. The number of esters is 1. The quantitative estimate of drug-likeness (QED) is 0.677. The average Bonchev–Trinajstić information content (AvgIpc) is 3.19. The molecule has 2 aromatic rings. The molecule has 1 atom stereocenters. The molecule has 3 heterocycles. The van der Waals surface area contributed by atoms with Gasteiger partial charge in [-0.2, -0.15) is 0 Å². The van der Waals surface area contributed by atoms with E-state index in [1.165, 1.54) is 12.0 Å². The summed E-state index contributed by atoms with van der Waals surface area (Å²) in [6, 6.07) is 12.1. The predicted molar refractivity (Wildman–Crippen MR) is 91.9 cm³/mol. The second-order valence-corrected chi connectivity index (χ2v) is 6.58. The van der Waals surface area contributed by atoms with Crippen molar-refractivity contribution >= 4 is 11.8 Å². The second kappa shape index (κ2) is 6.61. The first-order valence-electron chi connectivity index (χ1n) is 8.46. The number of aromatic nitrogens is 1. The van der Waals surface area contributed by atoms with Gasteiger partial charge in [-0.1, -0.05) is 18.2 Å². The molecule has 1 fully saturated rings. The van der Waals surface area contributed by atoms with E-state index in [2.05, 4.69) is 21.3 Å². The van der Waals surface area contributed by atoms with Crippen LogP contribution in [-0.2, 0) is 17.8 Å². The molecule has 1 aromatic carbocycles. The normalized spacial score (nSPS) is 20.0. The van der Waals surface area contributed by atoms with E-state index in [9.17, 15) is 4.79 Å². The molecule has 0 amide bonds. The molecule has 0 bridgehead atoms. The van der Waals surface area contributed by atoms with Crippen LogP contribution >= 0.6 is 0 Å². The number of likely N-dealkylation sites (tertiary alicyclic amines) is 1. The molecule has 0 spiro atoms. The number of hydrogen-bond donors (Lipinski definition) is 1. The van der Waals surface area contributed by atoms with E-state index in [0.29, 0.717) is 12.3 Å². The molecule has 0 unspecified atom stereocenters. The average molecular weight is 323 g/mol. The number of carbonyl (C=O) groups is 1. The van der Waals surface area contributed by atoms with Crippen molar-refractivity contribution in [3.05, 3.63) is 53.7 Å². The van der Waals surface area contributed by atoms with Gasteiger partial charge in [0, 0.05) is 31.4 Å². The summed E-state index contributed by atoms with van der Waals surface area (Å²) in [5, 5.41) is 3.41. The minimum absolute atomic E-state index is 0.149. The molecule has 5 heteroatoms. The first-order valence-corrected chi connectivity index (χ1v) is 8.46. The van der Waals surface area contributed by atoms with E-state index >= 15 is 0 Å².